The summed E-state index contributed by atoms with van der Waals surface area (Å²) in [6.07, 6.45) is 0. The summed E-state index contributed by atoms with van der Waals surface area (Å²) in [5, 5.41) is 7.67. The molecule has 0 aliphatic carbocycles. The fourth-order valence-corrected chi connectivity index (χ4v) is 4.42. The second-order valence-corrected chi connectivity index (χ2v) is 8.94. The van der Waals surface area contributed by atoms with Crippen molar-refractivity contribution >= 4 is 38.9 Å². The Bertz CT molecular complexity index is 881. The Hall–Kier alpha value is -1.68. The maximum atomic E-state index is 12.2. The SMILES string of the molecule is CN=C(NCCNS(=O)(=O)c1cccc(Cl)c1)NCc1sc(C)nc1C. The molecule has 0 saturated carbocycles. The minimum atomic E-state index is -3.59. The van der Waals surface area contributed by atoms with Gasteiger partial charge in [-0.1, -0.05) is 17.7 Å². The quantitative estimate of drug-likeness (QED) is 0.365. The maximum absolute atomic E-state index is 12.2. The number of sulfonamides is 1. The van der Waals surface area contributed by atoms with Gasteiger partial charge in [-0.15, -0.1) is 11.3 Å². The van der Waals surface area contributed by atoms with Crippen molar-refractivity contribution in [2.45, 2.75) is 25.3 Å². The molecule has 0 aliphatic rings. The van der Waals surface area contributed by atoms with Gasteiger partial charge in [-0.2, -0.15) is 0 Å². The van der Waals surface area contributed by atoms with E-state index >= 15 is 0 Å². The molecule has 1 aromatic heterocycles. The van der Waals surface area contributed by atoms with Crippen LogP contribution in [0.2, 0.25) is 5.02 Å². The highest BCUT2D eigenvalue weighted by atomic mass is 35.5. The van der Waals surface area contributed by atoms with Gasteiger partial charge in [0.25, 0.3) is 0 Å². The van der Waals surface area contributed by atoms with Gasteiger partial charge in [0.1, 0.15) is 0 Å². The van der Waals surface area contributed by atoms with Crippen LogP contribution in [0.15, 0.2) is 34.2 Å². The molecule has 0 atom stereocenters. The van der Waals surface area contributed by atoms with Crippen LogP contribution in [0.5, 0.6) is 0 Å². The van der Waals surface area contributed by atoms with Crippen LogP contribution in [-0.4, -0.2) is 39.5 Å². The van der Waals surface area contributed by atoms with Crippen LogP contribution in [-0.2, 0) is 16.6 Å². The lowest BCUT2D eigenvalue weighted by Crippen LogP contribution is -2.41. The van der Waals surface area contributed by atoms with Crippen molar-refractivity contribution in [1.29, 1.82) is 0 Å². The van der Waals surface area contributed by atoms with Gasteiger partial charge in [0, 0.05) is 30.0 Å². The number of halogens is 1. The first-order valence-electron chi connectivity index (χ1n) is 7.94. The number of benzene rings is 1. The lowest BCUT2D eigenvalue weighted by Gasteiger charge is -2.12. The molecule has 142 valence electrons. The Morgan fingerprint density at radius 3 is 2.65 bits per heavy atom. The van der Waals surface area contributed by atoms with E-state index in [0.29, 0.717) is 24.1 Å². The third-order valence-electron chi connectivity index (χ3n) is 3.46. The molecule has 0 radical (unpaired) electrons. The van der Waals surface area contributed by atoms with Gasteiger partial charge in [0.2, 0.25) is 10.0 Å². The number of hydrogen-bond donors (Lipinski definition) is 3. The summed E-state index contributed by atoms with van der Waals surface area (Å²) in [7, 11) is -1.92. The van der Waals surface area contributed by atoms with E-state index in [9.17, 15) is 8.42 Å². The number of nitrogens with one attached hydrogen (secondary N) is 3. The van der Waals surface area contributed by atoms with Crippen molar-refractivity contribution in [2.75, 3.05) is 20.1 Å². The molecule has 2 rings (SSSR count). The molecule has 0 amide bonds. The number of rotatable bonds is 7. The Balaban J connectivity index is 1.79. The van der Waals surface area contributed by atoms with Crippen LogP contribution in [0.1, 0.15) is 15.6 Å². The monoisotopic (exact) mass is 415 g/mol. The van der Waals surface area contributed by atoms with Crippen molar-refractivity contribution in [3.8, 4) is 0 Å². The van der Waals surface area contributed by atoms with Crippen molar-refractivity contribution < 1.29 is 8.42 Å². The zero-order valence-electron chi connectivity index (χ0n) is 14.8. The normalized spacial score (nSPS) is 12.2. The van der Waals surface area contributed by atoms with Crippen LogP contribution >= 0.6 is 22.9 Å². The molecular formula is C16H22ClN5O2S2. The average molecular weight is 416 g/mol. The molecular weight excluding hydrogens is 394 g/mol. The molecule has 0 unspecified atom stereocenters. The predicted molar refractivity (Wildman–Crippen MR) is 106 cm³/mol. The smallest absolute Gasteiger partial charge is 0.240 e. The Morgan fingerprint density at radius 1 is 1.27 bits per heavy atom. The molecule has 0 fully saturated rings. The second kappa shape index (κ2) is 9.31. The van der Waals surface area contributed by atoms with Gasteiger partial charge >= 0.3 is 0 Å². The summed E-state index contributed by atoms with van der Waals surface area (Å²) < 4.78 is 26.9. The fraction of sp³-hybridized carbons (Fsp3) is 0.375. The number of hydrogen-bond acceptors (Lipinski definition) is 5. The lowest BCUT2D eigenvalue weighted by molar-refractivity contribution is 0.580. The maximum Gasteiger partial charge on any atom is 0.240 e. The van der Waals surface area contributed by atoms with E-state index in [0.717, 1.165) is 15.6 Å². The van der Waals surface area contributed by atoms with E-state index < -0.39 is 10.0 Å². The molecule has 0 aliphatic heterocycles. The van der Waals surface area contributed by atoms with E-state index in [1.807, 2.05) is 13.8 Å². The van der Waals surface area contributed by atoms with Gasteiger partial charge in [0.15, 0.2) is 5.96 Å². The highest BCUT2D eigenvalue weighted by Crippen LogP contribution is 2.16. The third kappa shape index (κ3) is 5.94. The van der Waals surface area contributed by atoms with E-state index in [1.165, 1.54) is 12.1 Å². The van der Waals surface area contributed by atoms with E-state index in [2.05, 4.69) is 25.3 Å². The first-order valence-corrected chi connectivity index (χ1v) is 10.6. The van der Waals surface area contributed by atoms with Gasteiger partial charge in [0.05, 0.1) is 22.1 Å². The molecule has 1 heterocycles. The highest BCUT2D eigenvalue weighted by Gasteiger charge is 2.13. The number of aliphatic imine (C=N–C) groups is 1. The summed E-state index contributed by atoms with van der Waals surface area (Å²) in [6.45, 7) is 5.17. The Morgan fingerprint density at radius 2 is 2.04 bits per heavy atom. The molecule has 3 N–H and O–H groups in total. The molecule has 10 heteroatoms. The molecule has 0 spiro atoms. The lowest BCUT2D eigenvalue weighted by atomic mass is 10.4. The van der Waals surface area contributed by atoms with Crippen LogP contribution in [0, 0.1) is 13.8 Å². The minimum absolute atomic E-state index is 0.142. The van der Waals surface area contributed by atoms with Gasteiger partial charge in [-0.05, 0) is 32.0 Å². The number of aromatic nitrogens is 1. The summed E-state index contributed by atoms with van der Waals surface area (Å²) in [5.74, 6) is 0.595. The average Bonchev–Trinajstić information content (AvgIpc) is 2.91. The summed E-state index contributed by atoms with van der Waals surface area (Å²) in [4.78, 5) is 9.80. The van der Waals surface area contributed by atoms with Crippen LogP contribution < -0.4 is 15.4 Å². The summed E-state index contributed by atoms with van der Waals surface area (Å²) >= 11 is 7.48. The topological polar surface area (TPSA) is 95.5 Å². The zero-order chi connectivity index (χ0) is 19.2. The molecule has 1 aromatic carbocycles. The number of thiazole rings is 1. The van der Waals surface area contributed by atoms with Crippen molar-refractivity contribution in [3.05, 3.63) is 44.9 Å². The number of nitrogens with zero attached hydrogens (tertiary/aromatic N) is 2. The van der Waals surface area contributed by atoms with E-state index in [1.54, 1.807) is 30.5 Å². The van der Waals surface area contributed by atoms with Crippen LogP contribution in [0.25, 0.3) is 0 Å². The van der Waals surface area contributed by atoms with Gasteiger partial charge in [-0.3, -0.25) is 4.99 Å². The van der Waals surface area contributed by atoms with Crippen molar-refractivity contribution in [2.24, 2.45) is 4.99 Å². The van der Waals surface area contributed by atoms with Gasteiger partial charge < -0.3 is 10.6 Å². The van der Waals surface area contributed by atoms with E-state index in [4.69, 9.17) is 11.6 Å². The largest absolute Gasteiger partial charge is 0.355 e. The molecule has 26 heavy (non-hydrogen) atoms. The standard InChI is InChI=1S/C16H22ClN5O2S2/c1-11-15(25-12(2)22-11)10-20-16(18-3)19-7-8-21-26(23,24)14-6-4-5-13(17)9-14/h4-6,9,21H,7-8,10H2,1-3H3,(H2,18,19,20). The van der Waals surface area contributed by atoms with Crippen LogP contribution in [0.4, 0.5) is 0 Å². The Labute approximate surface area is 163 Å². The second-order valence-electron chi connectivity index (χ2n) is 5.45. The van der Waals surface area contributed by atoms with Crippen molar-refractivity contribution in [3.63, 3.8) is 0 Å². The van der Waals surface area contributed by atoms with Crippen LogP contribution in [0.3, 0.4) is 0 Å². The number of guanidine groups is 1. The number of aryl methyl sites for hydroxylation is 2. The summed E-state index contributed by atoms with van der Waals surface area (Å²) in [6, 6.07) is 6.15. The molecule has 2 aromatic rings. The third-order valence-corrected chi connectivity index (χ3v) is 6.22. The molecule has 0 saturated heterocycles. The Kier molecular flexibility index (Phi) is 7.39. The first-order chi connectivity index (χ1) is 12.3. The predicted octanol–water partition coefficient (Wildman–Crippen LogP) is 2.06. The van der Waals surface area contributed by atoms with Crippen molar-refractivity contribution in [1.82, 2.24) is 20.3 Å². The summed E-state index contributed by atoms with van der Waals surface area (Å²) in [5.41, 5.74) is 1.00. The highest BCUT2D eigenvalue weighted by molar-refractivity contribution is 7.89. The molecule has 7 nitrogen and oxygen atoms in total. The zero-order valence-corrected chi connectivity index (χ0v) is 17.2. The van der Waals surface area contributed by atoms with E-state index in [-0.39, 0.29) is 11.4 Å². The minimum Gasteiger partial charge on any atom is -0.355 e. The van der Waals surface area contributed by atoms with Gasteiger partial charge in [-0.25, -0.2) is 18.1 Å². The first kappa shape index (κ1) is 20.6. The molecule has 0 bridgehead atoms. The fourth-order valence-electron chi connectivity index (χ4n) is 2.21.